The molecule has 0 saturated heterocycles. The molecular weight excluding hydrogens is 388 g/mol. The van der Waals surface area contributed by atoms with Crippen molar-refractivity contribution in [2.45, 2.75) is 19.4 Å². The summed E-state index contributed by atoms with van der Waals surface area (Å²) in [6, 6.07) is 23.0. The van der Waals surface area contributed by atoms with Crippen molar-refractivity contribution in [3.8, 4) is 5.75 Å². The number of aromatic nitrogens is 1. The van der Waals surface area contributed by atoms with E-state index >= 15 is 0 Å². The molecule has 0 spiro atoms. The Morgan fingerprint density at radius 1 is 0.968 bits per heavy atom. The van der Waals surface area contributed by atoms with Crippen LogP contribution in [0, 0.1) is 13.8 Å². The van der Waals surface area contributed by atoms with Gasteiger partial charge in [0.05, 0.1) is 12.2 Å². The van der Waals surface area contributed by atoms with Crippen LogP contribution in [-0.4, -0.2) is 29.1 Å². The highest BCUT2D eigenvalue weighted by atomic mass is 16.5. The van der Waals surface area contributed by atoms with E-state index in [-0.39, 0.29) is 5.91 Å². The quantitative estimate of drug-likeness (QED) is 0.509. The highest BCUT2D eigenvalue weighted by molar-refractivity contribution is 6.11. The molecule has 0 saturated carbocycles. The number of carbonyl (C=O) groups excluding carboxylic acids is 1. The van der Waals surface area contributed by atoms with Crippen molar-refractivity contribution in [1.29, 1.82) is 0 Å². The first-order chi connectivity index (χ1) is 15.0. The Hall–Kier alpha value is -3.57. The van der Waals surface area contributed by atoms with E-state index in [9.17, 15) is 9.90 Å². The smallest absolute Gasteiger partial charge is 0.268 e. The molecule has 0 fully saturated rings. The summed E-state index contributed by atoms with van der Waals surface area (Å²) in [4.78, 5) is 18.6. The molecule has 1 aliphatic rings. The van der Waals surface area contributed by atoms with Gasteiger partial charge in [0.15, 0.2) is 5.60 Å². The molecule has 0 unspecified atom stereocenters. The van der Waals surface area contributed by atoms with Gasteiger partial charge in [-0.2, -0.15) is 0 Å². The minimum Gasteiger partial charge on any atom is -0.492 e. The molecular formula is C26H24N2O3. The monoisotopic (exact) mass is 412 g/mol. The van der Waals surface area contributed by atoms with Crippen LogP contribution in [0.3, 0.4) is 0 Å². The maximum atomic E-state index is 13.7. The van der Waals surface area contributed by atoms with Gasteiger partial charge in [0, 0.05) is 27.7 Å². The van der Waals surface area contributed by atoms with Gasteiger partial charge in [-0.3, -0.25) is 4.79 Å². The molecule has 0 radical (unpaired) electrons. The first kappa shape index (κ1) is 19.4. The number of amides is 1. The van der Waals surface area contributed by atoms with Gasteiger partial charge < -0.3 is 19.7 Å². The Labute approximate surface area is 180 Å². The SMILES string of the molecule is Cc1ccc(OCCN2C(=O)[C@](O)(c3c(C)[nH]c4ccccc34)c3ccccc32)cc1. The van der Waals surface area contributed by atoms with Crippen LogP contribution in [0.2, 0.25) is 0 Å². The Morgan fingerprint density at radius 2 is 1.68 bits per heavy atom. The van der Waals surface area contributed by atoms with E-state index in [0.29, 0.717) is 30.0 Å². The number of anilines is 1. The Balaban J connectivity index is 1.51. The van der Waals surface area contributed by atoms with E-state index in [4.69, 9.17) is 4.74 Å². The number of nitrogens with one attached hydrogen (secondary N) is 1. The first-order valence-corrected chi connectivity index (χ1v) is 10.4. The van der Waals surface area contributed by atoms with Gasteiger partial charge in [-0.05, 0) is 38.1 Å². The molecule has 0 bridgehead atoms. The third-order valence-corrected chi connectivity index (χ3v) is 6.00. The molecule has 4 aromatic rings. The Morgan fingerprint density at radius 3 is 2.48 bits per heavy atom. The molecule has 2 N–H and O–H groups in total. The summed E-state index contributed by atoms with van der Waals surface area (Å²) >= 11 is 0. The summed E-state index contributed by atoms with van der Waals surface area (Å²) in [6.07, 6.45) is 0. The summed E-state index contributed by atoms with van der Waals surface area (Å²) in [5.41, 5.74) is 3.02. The van der Waals surface area contributed by atoms with Crippen molar-refractivity contribution in [3.63, 3.8) is 0 Å². The number of aliphatic hydroxyl groups is 1. The number of carbonyl (C=O) groups is 1. The summed E-state index contributed by atoms with van der Waals surface area (Å²) < 4.78 is 5.86. The number of ether oxygens (including phenoxy) is 1. The van der Waals surface area contributed by atoms with Crippen molar-refractivity contribution < 1.29 is 14.6 Å². The minimum absolute atomic E-state index is 0.325. The third kappa shape index (κ3) is 3.01. The number of fused-ring (bicyclic) bond motifs is 2. The molecule has 1 aromatic heterocycles. The lowest BCUT2D eigenvalue weighted by Gasteiger charge is -2.24. The molecule has 1 atom stereocenters. The molecule has 3 aromatic carbocycles. The van der Waals surface area contributed by atoms with E-state index in [1.807, 2.05) is 86.6 Å². The van der Waals surface area contributed by atoms with Crippen LogP contribution in [0.4, 0.5) is 5.69 Å². The lowest BCUT2D eigenvalue weighted by atomic mass is 9.85. The number of hydrogen-bond donors (Lipinski definition) is 2. The van der Waals surface area contributed by atoms with E-state index in [1.54, 1.807) is 4.90 Å². The van der Waals surface area contributed by atoms with E-state index in [2.05, 4.69) is 4.98 Å². The minimum atomic E-state index is -1.75. The third-order valence-electron chi connectivity index (χ3n) is 6.00. The second kappa shape index (κ2) is 7.29. The molecule has 1 aliphatic heterocycles. The van der Waals surface area contributed by atoms with Crippen LogP contribution in [0.15, 0.2) is 72.8 Å². The highest BCUT2D eigenvalue weighted by Gasteiger charge is 2.52. The Bertz CT molecular complexity index is 1280. The topological polar surface area (TPSA) is 65.6 Å². The van der Waals surface area contributed by atoms with E-state index < -0.39 is 5.60 Å². The van der Waals surface area contributed by atoms with Gasteiger partial charge in [-0.25, -0.2) is 0 Å². The molecule has 1 amide bonds. The van der Waals surface area contributed by atoms with Gasteiger partial charge in [-0.15, -0.1) is 0 Å². The van der Waals surface area contributed by atoms with Crippen LogP contribution >= 0.6 is 0 Å². The zero-order valence-electron chi connectivity index (χ0n) is 17.6. The fraction of sp³-hybridized carbons (Fsp3) is 0.192. The van der Waals surface area contributed by atoms with Crippen molar-refractivity contribution in [3.05, 3.63) is 95.2 Å². The second-order valence-corrected chi connectivity index (χ2v) is 8.02. The van der Waals surface area contributed by atoms with Crippen molar-refractivity contribution in [1.82, 2.24) is 4.98 Å². The highest BCUT2D eigenvalue weighted by Crippen LogP contribution is 2.47. The number of H-pyrrole nitrogens is 1. The van der Waals surface area contributed by atoms with Crippen LogP contribution in [0.25, 0.3) is 10.9 Å². The molecule has 0 aliphatic carbocycles. The standard InChI is InChI=1S/C26H24N2O3/c1-17-11-13-19(14-12-17)31-16-15-28-23-10-6-4-8-21(23)26(30,25(28)29)24-18(2)27-22-9-5-3-7-20(22)24/h3-14,27,30H,15-16H2,1-2H3/t26-/m1/s1. The van der Waals surface area contributed by atoms with Crippen molar-refractivity contribution in [2.75, 3.05) is 18.1 Å². The summed E-state index contributed by atoms with van der Waals surface area (Å²) in [5, 5.41) is 12.8. The number of aromatic amines is 1. The maximum absolute atomic E-state index is 13.7. The maximum Gasteiger partial charge on any atom is 0.268 e. The van der Waals surface area contributed by atoms with Gasteiger partial charge >= 0.3 is 0 Å². The average Bonchev–Trinajstić information content (AvgIpc) is 3.22. The van der Waals surface area contributed by atoms with Gasteiger partial charge in [0.25, 0.3) is 5.91 Å². The zero-order chi connectivity index (χ0) is 21.6. The number of nitrogens with zero attached hydrogens (tertiary/aromatic N) is 1. The first-order valence-electron chi connectivity index (χ1n) is 10.4. The fourth-order valence-electron chi connectivity index (χ4n) is 4.53. The van der Waals surface area contributed by atoms with Crippen molar-refractivity contribution >= 4 is 22.5 Å². The molecule has 31 heavy (non-hydrogen) atoms. The lowest BCUT2D eigenvalue weighted by Crippen LogP contribution is -2.43. The fourth-order valence-corrected chi connectivity index (χ4v) is 4.53. The largest absolute Gasteiger partial charge is 0.492 e. The molecule has 5 heteroatoms. The predicted molar refractivity (Wildman–Crippen MR) is 122 cm³/mol. The number of aryl methyl sites for hydroxylation is 2. The molecule has 2 heterocycles. The predicted octanol–water partition coefficient (Wildman–Crippen LogP) is 4.45. The van der Waals surface area contributed by atoms with Gasteiger partial charge in [-0.1, -0.05) is 54.1 Å². The van der Waals surface area contributed by atoms with E-state index in [1.165, 1.54) is 0 Å². The summed E-state index contributed by atoms with van der Waals surface area (Å²) in [5.74, 6) is 0.405. The average molecular weight is 412 g/mol. The number of benzene rings is 3. The summed E-state index contributed by atoms with van der Waals surface area (Å²) in [6.45, 7) is 4.59. The number of rotatable bonds is 5. The normalized spacial score (nSPS) is 17.9. The van der Waals surface area contributed by atoms with Crippen LogP contribution < -0.4 is 9.64 Å². The van der Waals surface area contributed by atoms with Crippen molar-refractivity contribution in [2.24, 2.45) is 0 Å². The lowest BCUT2D eigenvalue weighted by molar-refractivity contribution is -0.132. The number of para-hydroxylation sites is 2. The van der Waals surface area contributed by atoms with Gasteiger partial charge in [0.2, 0.25) is 0 Å². The van der Waals surface area contributed by atoms with Gasteiger partial charge in [0.1, 0.15) is 12.4 Å². The zero-order valence-corrected chi connectivity index (χ0v) is 17.6. The molecule has 5 nitrogen and oxygen atoms in total. The van der Waals surface area contributed by atoms with Crippen LogP contribution in [-0.2, 0) is 10.4 Å². The molecule has 5 rings (SSSR count). The van der Waals surface area contributed by atoms with E-state index in [0.717, 1.165) is 27.9 Å². The Kier molecular flexibility index (Phi) is 4.56. The van der Waals surface area contributed by atoms with Crippen LogP contribution in [0.1, 0.15) is 22.4 Å². The molecule has 156 valence electrons. The summed E-state index contributed by atoms with van der Waals surface area (Å²) in [7, 11) is 0. The second-order valence-electron chi connectivity index (χ2n) is 8.02. The number of hydrogen-bond acceptors (Lipinski definition) is 3. The van der Waals surface area contributed by atoms with Crippen LogP contribution in [0.5, 0.6) is 5.75 Å².